The Hall–Kier alpha value is -5.56. The van der Waals surface area contributed by atoms with Crippen molar-refractivity contribution in [2.45, 2.75) is 260 Å². The minimum atomic E-state index is -1.22. The number of nitrogens with one attached hydrogen (secondary N) is 4. The Bertz CT molecular complexity index is 2360. The summed E-state index contributed by atoms with van der Waals surface area (Å²) in [5.74, 6) is -6.15. The van der Waals surface area contributed by atoms with Crippen LogP contribution in [-0.2, 0) is 52.7 Å². The van der Waals surface area contributed by atoms with Crippen molar-refractivity contribution in [3.05, 3.63) is 0 Å². The Kier molecular flexibility index (Phi) is 42.4. The minimum Gasteiger partial charge on any atom is -0.396 e. The number of aliphatic hydroxyl groups excluding tert-OH is 1. The van der Waals surface area contributed by atoms with Gasteiger partial charge in [-0.15, -0.1) is 11.8 Å². The highest BCUT2D eigenvalue weighted by molar-refractivity contribution is 8.00. The number of amides is 11. The van der Waals surface area contributed by atoms with Crippen molar-refractivity contribution >= 4 is 77.2 Å². The van der Waals surface area contributed by atoms with Crippen LogP contribution < -0.4 is 27.0 Å². The lowest BCUT2D eigenvalue weighted by molar-refractivity contribution is -0.155. The fraction of sp³-hybridized carbons (Fsp3) is 0.841. The van der Waals surface area contributed by atoms with Gasteiger partial charge in [0.25, 0.3) is 5.91 Å². The van der Waals surface area contributed by atoms with Gasteiger partial charge in [0.15, 0.2) is 5.37 Å². The highest BCUT2D eigenvalue weighted by Gasteiger charge is 2.44. The highest BCUT2D eigenvalue weighted by atomic mass is 32.2. The molecule has 11 amide bonds. The zero-order valence-corrected chi connectivity index (χ0v) is 63.0. The molecular weight excluding hydrogens is 1220 g/mol. The average Bonchev–Trinajstić information content (AvgIpc) is 0.831. The van der Waals surface area contributed by atoms with E-state index in [2.05, 4.69) is 21.3 Å². The molecule has 24 nitrogen and oxygen atoms in total. The third-order valence-corrected chi connectivity index (χ3v) is 18.9. The van der Waals surface area contributed by atoms with E-state index in [4.69, 9.17) is 5.73 Å². The topological polar surface area (TPSA) is 305 Å². The first-order valence-corrected chi connectivity index (χ1v) is 35.7. The van der Waals surface area contributed by atoms with E-state index >= 15 is 19.2 Å². The Morgan fingerprint density at radius 2 is 0.894 bits per heavy atom. The molecule has 0 aliphatic carbocycles. The van der Waals surface area contributed by atoms with Gasteiger partial charge in [-0.1, -0.05) is 135 Å². The number of unbranched alkanes of at least 4 members (excludes halogenated alkanes) is 6. The van der Waals surface area contributed by atoms with Gasteiger partial charge in [-0.3, -0.25) is 52.7 Å². The summed E-state index contributed by atoms with van der Waals surface area (Å²) in [5.41, 5.74) is 5.79. The van der Waals surface area contributed by atoms with Gasteiger partial charge in [0.1, 0.15) is 54.4 Å². The first-order valence-electron chi connectivity index (χ1n) is 34.7. The van der Waals surface area contributed by atoms with E-state index in [-0.39, 0.29) is 68.3 Å². The molecule has 94 heavy (non-hydrogen) atoms. The van der Waals surface area contributed by atoms with Crippen LogP contribution in [0.5, 0.6) is 0 Å². The molecule has 0 rings (SSSR count). The predicted molar refractivity (Wildman–Crippen MR) is 374 cm³/mol. The molecule has 0 saturated carbocycles. The second-order valence-electron chi connectivity index (χ2n) is 28.5. The molecule has 1 unspecified atom stereocenters. The summed E-state index contributed by atoms with van der Waals surface area (Å²) in [6, 6.07) is -9.43. The first-order chi connectivity index (χ1) is 43.8. The maximum Gasteiger partial charge on any atom is 0.256 e. The Balaban J connectivity index is 7.67. The molecule has 544 valence electrons. The van der Waals surface area contributed by atoms with Gasteiger partial charge in [-0.25, -0.2) is 0 Å². The van der Waals surface area contributed by atoms with Crippen LogP contribution >= 0.6 is 11.8 Å². The number of carbonyl (C=O) groups excluding carboxylic acids is 11. The number of thioether (sulfide) groups is 1. The predicted octanol–water partition coefficient (Wildman–Crippen LogP) is 5.71. The molecular formula is C69H130N12O12S. The molecule has 0 bridgehead atoms. The van der Waals surface area contributed by atoms with E-state index in [1.165, 1.54) is 102 Å². The minimum absolute atomic E-state index is 0.0295. The molecule has 0 saturated heterocycles. The number of nitrogens with two attached hydrogens (primary N) is 1. The first kappa shape index (κ1) is 88.4. The van der Waals surface area contributed by atoms with E-state index in [1.807, 2.05) is 62.3 Å². The molecule has 0 fully saturated rings. The van der Waals surface area contributed by atoms with Gasteiger partial charge in [0.2, 0.25) is 59.6 Å². The smallest absolute Gasteiger partial charge is 0.256 e. The zero-order chi connectivity index (χ0) is 72.6. The maximum absolute atomic E-state index is 15.3. The number of hydrogen-bond donors (Lipinski definition) is 6. The number of carbonyl (C=O) groups is 11. The van der Waals surface area contributed by atoms with E-state index in [1.54, 1.807) is 41.7 Å². The van der Waals surface area contributed by atoms with Crippen LogP contribution in [0.15, 0.2) is 0 Å². The van der Waals surface area contributed by atoms with Crippen LogP contribution in [-0.4, -0.2) is 240 Å². The fourth-order valence-corrected chi connectivity index (χ4v) is 12.9. The molecule has 0 radical (unpaired) electrons. The van der Waals surface area contributed by atoms with Crippen LogP contribution in [0.4, 0.5) is 0 Å². The fourth-order valence-electron chi connectivity index (χ4n) is 11.7. The summed E-state index contributed by atoms with van der Waals surface area (Å²) in [7, 11) is 12.1. The van der Waals surface area contributed by atoms with Crippen molar-refractivity contribution < 1.29 is 57.8 Å². The van der Waals surface area contributed by atoms with Crippen molar-refractivity contribution in [2.24, 2.45) is 47.2 Å². The molecule has 0 heterocycles. The van der Waals surface area contributed by atoms with Gasteiger partial charge in [-0.2, -0.15) is 0 Å². The molecule has 0 spiro atoms. The van der Waals surface area contributed by atoms with E-state index in [9.17, 15) is 38.7 Å². The summed E-state index contributed by atoms with van der Waals surface area (Å²) < 4.78 is 0. The van der Waals surface area contributed by atoms with Gasteiger partial charge in [0, 0.05) is 63.0 Å². The van der Waals surface area contributed by atoms with Crippen LogP contribution in [0, 0.1) is 41.4 Å². The summed E-state index contributed by atoms with van der Waals surface area (Å²) >= 11 is 1.21. The molecule has 0 aromatic rings. The Morgan fingerprint density at radius 3 is 1.37 bits per heavy atom. The molecule has 7 N–H and O–H groups in total. The van der Waals surface area contributed by atoms with Crippen molar-refractivity contribution in [3.8, 4) is 0 Å². The molecule has 0 aliphatic heterocycles. The van der Waals surface area contributed by atoms with Crippen molar-refractivity contribution in [1.82, 2.24) is 55.6 Å². The van der Waals surface area contributed by atoms with Crippen molar-refractivity contribution in [1.29, 1.82) is 0 Å². The van der Waals surface area contributed by atoms with Gasteiger partial charge in [0.05, 0.1) is 0 Å². The quantitative estimate of drug-likeness (QED) is 0.0242. The molecule has 11 atom stereocenters. The van der Waals surface area contributed by atoms with Crippen LogP contribution in [0.25, 0.3) is 0 Å². The van der Waals surface area contributed by atoms with Crippen LogP contribution in [0.2, 0.25) is 0 Å². The third-order valence-electron chi connectivity index (χ3n) is 17.6. The van der Waals surface area contributed by atoms with Crippen LogP contribution in [0.3, 0.4) is 0 Å². The van der Waals surface area contributed by atoms with Crippen molar-refractivity contribution in [2.75, 3.05) is 75.3 Å². The number of likely N-dealkylation sites (N-methyl/N-ethyl adjacent to an activating group) is 8. The largest absolute Gasteiger partial charge is 0.396 e. The summed E-state index contributed by atoms with van der Waals surface area (Å²) in [6.07, 6.45) is 8.94. The van der Waals surface area contributed by atoms with E-state index < -0.39 is 131 Å². The molecule has 0 aliphatic rings. The number of nitrogens with zero attached hydrogens (tertiary/aromatic N) is 7. The highest BCUT2D eigenvalue weighted by Crippen LogP contribution is 2.28. The SMILES string of the molecule is CC[C@H](NC(=O)C(C[C@H](C)CCCCCCN)N(C)C(=O)[C@H](C(C)C)N(C)C(=O)[C@H](CC(C)C)N(C)C(=O)[C@H](CC(C)C)N(C)C=O)C(=O)N(C)[C@H](SCCCCCCO)C(=O)N(C)[C@@H](CC(C)C)C(=O)N[C@H](C(=O)N(C)[C@@H](CC(C)C)C(=O)N[C@H](C)C(=O)NC)C(C)C. The summed E-state index contributed by atoms with van der Waals surface area (Å²) in [6.45, 7) is 28.4. The van der Waals surface area contributed by atoms with Gasteiger partial charge in [-0.05, 0) is 118 Å². The van der Waals surface area contributed by atoms with E-state index in [0.717, 1.165) is 44.9 Å². The normalized spacial score (nSPS) is 15.2. The lowest BCUT2D eigenvalue weighted by atomic mass is 9.92. The molecule has 25 heteroatoms. The van der Waals surface area contributed by atoms with Gasteiger partial charge >= 0.3 is 0 Å². The zero-order valence-electron chi connectivity index (χ0n) is 62.2. The van der Waals surface area contributed by atoms with Gasteiger partial charge < -0.3 is 66.4 Å². The standard InChI is InChI=1S/C69H130N12O12S/c1-24-51(73-61(86)54(41-49(14)33-29-25-26-30-34-70)77(19)67(92)58(48(12)13)80(22)65(90)56(40-46(8)9)79(21)64(89)55(39-45(6)7)75(17)42-83)63(88)81(23)69(94-36-32-28-27-31-35-82)68(93)78(20)53(38-44(4)5)62(87)74-57(47(10)11)66(91)76(18)52(37-43(2)3)60(85)72-50(15)59(84)71-16/h42-58,69,82H,24-41,70H2,1-23H3,(H,71,84)(H,72,85)(H,73,86)(H,74,87)/t49-,50-,51+,52+,53+,54?,55+,56+,57+,58+,69-/m1/s1. The Labute approximate surface area is 570 Å². The second-order valence-corrected chi connectivity index (χ2v) is 29.7. The maximum atomic E-state index is 15.3. The molecule has 0 aromatic carbocycles. The lowest BCUT2D eigenvalue weighted by Gasteiger charge is -2.40. The Morgan fingerprint density at radius 1 is 0.457 bits per heavy atom. The second kappa shape index (κ2) is 45.0. The summed E-state index contributed by atoms with van der Waals surface area (Å²) in [4.78, 5) is 167. The average molecular weight is 1350 g/mol. The monoisotopic (exact) mass is 1350 g/mol. The lowest BCUT2D eigenvalue weighted by Crippen LogP contribution is -2.61. The summed E-state index contributed by atoms with van der Waals surface area (Å²) in [5, 5.41) is 19.4. The number of hydrogen-bond acceptors (Lipinski definition) is 14. The molecule has 0 aromatic heterocycles. The van der Waals surface area contributed by atoms with E-state index in [0.29, 0.717) is 38.0 Å². The number of rotatable bonds is 47. The van der Waals surface area contributed by atoms with Crippen molar-refractivity contribution in [3.63, 3.8) is 0 Å². The number of aliphatic hydroxyl groups is 1. The van der Waals surface area contributed by atoms with Crippen LogP contribution in [0.1, 0.15) is 200 Å². The third kappa shape index (κ3) is 29.0.